The zero-order valence-corrected chi connectivity index (χ0v) is 13.1. The van der Waals surface area contributed by atoms with E-state index in [2.05, 4.69) is 0 Å². The van der Waals surface area contributed by atoms with Crippen LogP contribution < -0.4 is 4.74 Å². The largest absolute Gasteiger partial charge is 0.484 e. The first-order valence-corrected chi connectivity index (χ1v) is 8.19. The summed E-state index contributed by atoms with van der Waals surface area (Å²) >= 11 is 6.50. The fourth-order valence-electron chi connectivity index (χ4n) is 1.78. The van der Waals surface area contributed by atoms with E-state index in [9.17, 15) is 9.59 Å². The molecule has 1 aliphatic heterocycles. The summed E-state index contributed by atoms with van der Waals surface area (Å²) in [6.07, 6.45) is 0. The van der Waals surface area contributed by atoms with Gasteiger partial charge >= 0.3 is 0 Å². The summed E-state index contributed by atoms with van der Waals surface area (Å²) in [5.74, 6) is 0.307. The highest BCUT2D eigenvalue weighted by atomic mass is 35.5. The molecule has 1 atom stereocenters. The van der Waals surface area contributed by atoms with Gasteiger partial charge in [0, 0.05) is 6.92 Å². The second kappa shape index (κ2) is 5.04. The minimum atomic E-state index is -1.32. The van der Waals surface area contributed by atoms with Gasteiger partial charge in [-0.05, 0) is 36.8 Å². The molecule has 0 saturated carbocycles. The van der Waals surface area contributed by atoms with Crippen LogP contribution in [0.15, 0.2) is 24.3 Å². The minimum absolute atomic E-state index is 0.104. The molecule has 0 fully saturated rings. The van der Waals surface area contributed by atoms with Crippen LogP contribution in [0.4, 0.5) is 0 Å². The number of halogens is 1. The van der Waals surface area contributed by atoms with E-state index in [0.29, 0.717) is 11.3 Å². The van der Waals surface area contributed by atoms with Gasteiger partial charge in [0.2, 0.25) is 9.99 Å². The maximum atomic E-state index is 12.6. The lowest BCUT2D eigenvalue weighted by Crippen LogP contribution is -2.55. The van der Waals surface area contributed by atoms with E-state index in [1.54, 1.807) is 38.1 Å². The van der Waals surface area contributed by atoms with Crippen LogP contribution in [0, 0.1) is 0 Å². The average Bonchev–Trinajstić information content (AvgIpc) is 2.33. The third kappa shape index (κ3) is 2.51. The standard InChI is InChI=1S/C13H13ClO3S2/c1-8(15)18-19-13(14)11(16)9-6-4-5-7-10(9)17-12(13,2)3/h4-7H,1-3H3. The van der Waals surface area contributed by atoms with E-state index in [4.69, 9.17) is 16.3 Å². The lowest BCUT2D eigenvalue weighted by atomic mass is 9.92. The SMILES string of the molecule is CC(=O)SSC1(Cl)C(=O)c2ccccc2OC1(C)C. The Bertz CT molecular complexity index is 544. The summed E-state index contributed by atoms with van der Waals surface area (Å²) in [7, 11) is 2.01. The summed E-state index contributed by atoms with van der Waals surface area (Å²) in [5, 5.41) is -0.104. The Morgan fingerprint density at radius 1 is 1.32 bits per heavy atom. The molecule has 0 amide bonds. The first-order valence-electron chi connectivity index (χ1n) is 5.66. The van der Waals surface area contributed by atoms with Crippen LogP contribution in [0.1, 0.15) is 31.1 Å². The van der Waals surface area contributed by atoms with Gasteiger partial charge in [-0.1, -0.05) is 34.5 Å². The molecule has 1 aliphatic rings. The van der Waals surface area contributed by atoms with Crippen molar-refractivity contribution in [3.8, 4) is 5.75 Å². The van der Waals surface area contributed by atoms with Crippen molar-refractivity contribution in [2.45, 2.75) is 30.6 Å². The van der Waals surface area contributed by atoms with Gasteiger partial charge < -0.3 is 4.74 Å². The number of ether oxygens (including phenoxy) is 1. The molecular weight excluding hydrogens is 304 g/mol. The molecule has 1 unspecified atom stereocenters. The van der Waals surface area contributed by atoms with Crippen LogP contribution in [-0.4, -0.2) is 20.7 Å². The Balaban J connectivity index is 2.44. The van der Waals surface area contributed by atoms with Crippen molar-refractivity contribution in [1.82, 2.24) is 0 Å². The van der Waals surface area contributed by atoms with Crippen LogP contribution in [0.25, 0.3) is 0 Å². The predicted molar refractivity (Wildman–Crippen MR) is 79.9 cm³/mol. The van der Waals surface area contributed by atoms with Crippen molar-refractivity contribution < 1.29 is 14.3 Å². The number of alkyl halides is 1. The number of hydrogen-bond acceptors (Lipinski definition) is 5. The van der Waals surface area contributed by atoms with Gasteiger partial charge in [-0.3, -0.25) is 9.59 Å². The van der Waals surface area contributed by atoms with Crippen molar-refractivity contribution >= 4 is 44.1 Å². The molecule has 0 radical (unpaired) electrons. The summed E-state index contributed by atoms with van der Waals surface area (Å²) in [4.78, 5) is 23.7. The molecule has 102 valence electrons. The predicted octanol–water partition coefficient (Wildman–Crippen LogP) is 3.90. The molecular formula is C13H13ClO3S2. The number of hydrogen-bond donors (Lipinski definition) is 0. The fourth-order valence-corrected chi connectivity index (χ4v) is 4.39. The number of fused-ring (bicyclic) bond motifs is 1. The van der Waals surface area contributed by atoms with Crippen LogP contribution in [0.5, 0.6) is 5.75 Å². The Labute approximate surface area is 124 Å². The van der Waals surface area contributed by atoms with Crippen molar-refractivity contribution in [2.24, 2.45) is 0 Å². The van der Waals surface area contributed by atoms with Crippen molar-refractivity contribution in [3.63, 3.8) is 0 Å². The second-order valence-corrected chi connectivity index (χ2v) is 8.00. The third-order valence-corrected chi connectivity index (χ3v) is 6.90. The lowest BCUT2D eigenvalue weighted by Gasteiger charge is -2.43. The number of carbonyl (C=O) groups excluding carboxylic acids is 2. The fraction of sp³-hybridized carbons (Fsp3) is 0.385. The van der Waals surface area contributed by atoms with E-state index in [1.165, 1.54) is 6.92 Å². The molecule has 1 heterocycles. The Morgan fingerprint density at radius 3 is 2.58 bits per heavy atom. The van der Waals surface area contributed by atoms with Crippen molar-refractivity contribution in [2.75, 3.05) is 0 Å². The van der Waals surface area contributed by atoms with Crippen LogP contribution in [0.3, 0.4) is 0 Å². The molecule has 1 aromatic carbocycles. The highest BCUT2D eigenvalue weighted by Crippen LogP contribution is 2.53. The molecule has 2 rings (SSSR count). The number of para-hydroxylation sites is 1. The Morgan fingerprint density at radius 2 is 1.95 bits per heavy atom. The summed E-state index contributed by atoms with van der Waals surface area (Å²) in [5.41, 5.74) is -0.457. The molecule has 0 saturated heterocycles. The topological polar surface area (TPSA) is 43.4 Å². The monoisotopic (exact) mass is 316 g/mol. The normalized spacial score (nSPS) is 24.5. The molecule has 3 nitrogen and oxygen atoms in total. The van der Waals surface area contributed by atoms with E-state index in [1.807, 2.05) is 0 Å². The van der Waals surface area contributed by atoms with Crippen LogP contribution in [-0.2, 0) is 4.79 Å². The zero-order chi connectivity index (χ0) is 14.3. The second-order valence-electron chi connectivity index (χ2n) is 4.69. The van der Waals surface area contributed by atoms with Gasteiger partial charge in [-0.15, -0.1) is 0 Å². The van der Waals surface area contributed by atoms with Gasteiger partial charge in [-0.2, -0.15) is 0 Å². The lowest BCUT2D eigenvalue weighted by molar-refractivity contribution is -0.109. The van der Waals surface area contributed by atoms with Gasteiger partial charge in [-0.25, -0.2) is 0 Å². The summed E-state index contributed by atoms with van der Waals surface area (Å²) in [6, 6.07) is 7.00. The number of carbonyl (C=O) groups is 2. The number of rotatable bonds is 2. The Kier molecular flexibility index (Phi) is 3.91. The molecule has 19 heavy (non-hydrogen) atoms. The Hall–Kier alpha value is -0.650. The van der Waals surface area contributed by atoms with E-state index in [0.717, 1.165) is 21.6 Å². The minimum Gasteiger partial charge on any atom is -0.484 e. The summed E-state index contributed by atoms with van der Waals surface area (Å²) in [6.45, 7) is 4.94. The van der Waals surface area contributed by atoms with E-state index in [-0.39, 0.29) is 10.9 Å². The van der Waals surface area contributed by atoms with Gasteiger partial charge in [0.1, 0.15) is 11.4 Å². The zero-order valence-electron chi connectivity index (χ0n) is 10.7. The molecule has 0 spiro atoms. The quantitative estimate of drug-likeness (QED) is 0.611. The molecule has 0 aromatic heterocycles. The highest BCUT2D eigenvalue weighted by Gasteiger charge is 2.57. The molecule has 6 heteroatoms. The summed E-state index contributed by atoms with van der Waals surface area (Å²) < 4.78 is 4.52. The molecule has 0 bridgehead atoms. The highest BCUT2D eigenvalue weighted by molar-refractivity contribution is 8.83. The number of Topliss-reactive ketones (excluding diaryl/α,β-unsaturated/α-hetero) is 1. The van der Waals surface area contributed by atoms with Crippen molar-refractivity contribution in [3.05, 3.63) is 29.8 Å². The molecule has 0 N–H and O–H groups in total. The average molecular weight is 317 g/mol. The number of benzene rings is 1. The first kappa shape index (κ1) is 14.8. The molecule has 1 aromatic rings. The third-order valence-electron chi connectivity index (χ3n) is 2.84. The van der Waals surface area contributed by atoms with Gasteiger partial charge in [0.25, 0.3) is 0 Å². The maximum absolute atomic E-state index is 12.6. The van der Waals surface area contributed by atoms with Gasteiger partial charge in [0.15, 0.2) is 5.12 Å². The maximum Gasteiger partial charge on any atom is 0.202 e. The smallest absolute Gasteiger partial charge is 0.202 e. The molecule has 0 aliphatic carbocycles. The first-order chi connectivity index (χ1) is 8.78. The van der Waals surface area contributed by atoms with E-state index < -0.39 is 9.81 Å². The van der Waals surface area contributed by atoms with Gasteiger partial charge in [0.05, 0.1) is 5.56 Å². The number of ketones is 1. The van der Waals surface area contributed by atoms with Crippen molar-refractivity contribution in [1.29, 1.82) is 0 Å². The van der Waals surface area contributed by atoms with Crippen LogP contribution in [0.2, 0.25) is 0 Å². The van der Waals surface area contributed by atoms with E-state index >= 15 is 0 Å². The van der Waals surface area contributed by atoms with Crippen LogP contribution >= 0.6 is 33.2 Å².